The fourth-order valence-corrected chi connectivity index (χ4v) is 3.45. The summed E-state index contributed by atoms with van der Waals surface area (Å²) in [6.07, 6.45) is 1.76. The van der Waals surface area contributed by atoms with Gasteiger partial charge in [0, 0.05) is 36.7 Å². The van der Waals surface area contributed by atoms with E-state index < -0.39 is 5.82 Å². The highest BCUT2D eigenvalue weighted by atomic mass is 19.1. The second-order valence-electron chi connectivity index (χ2n) is 6.83. The maximum absolute atomic E-state index is 14.0. The van der Waals surface area contributed by atoms with Crippen LogP contribution in [0.2, 0.25) is 0 Å². The number of nitrogens with zero attached hydrogens (tertiary/aromatic N) is 4. The number of halogens is 1. The first kappa shape index (κ1) is 18.1. The number of methoxy groups -OCH3 is 1. The number of aromatic amines is 1. The summed E-state index contributed by atoms with van der Waals surface area (Å²) in [7, 11) is 1.39. The highest BCUT2D eigenvalue weighted by molar-refractivity contribution is 5.96. The summed E-state index contributed by atoms with van der Waals surface area (Å²) in [5.41, 5.74) is 1.61. The summed E-state index contributed by atoms with van der Waals surface area (Å²) in [6, 6.07) is 9.72. The van der Waals surface area contributed by atoms with Gasteiger partial charge in [-0.1, -0.05) is 5.16 Å². The van der Waals surface area contributed by atoms with Crippen LogP contribution in [0.3, 0.4) is 0 Å². The summed E-state index contributed by atoms with van der Waals surface area (Å²) < 4.78 is 29.6. The Hall–Kier alpha value is -3.95. The van der Waals surface area contributed by atoms with Crippen molar-refractivity contribution < 1.29 is 22.9 Å². The quantitative estimate of drug-likeness (QED) is 0.538. The van der Waals surface area contributed by atoms with Gasteiger partial charge in [-0.3, -0.25) is 9.89 Å². The second-order valence-corrected chi connectivity index (χ2v) is 6.83. The van der Waals surface area contributed by atoms with Crippen LogP contribution in [0.1, 0.15) is 18.2 Å². The van der Waals surface area contributed by atoms with E-state index in [1.54, 1.807) is 30.5 Å². The number of ether oxygens (including phenoxy) is 1. The molecule has 1 unspecified atom stereocenters. The van der Waals surface area contributed by atoms with Crippen LogP contribution in [-0.4, -0.2) is 39.9 Å². The minimum Gasteiger partial charge on any atom is -0.494 e. The molecular formula is C20H16FN5O4. The Labute approximate surface area is 169 Å². The summed E-state index contributed by atoms with van der Waals surface area (Å²) in [6.45, 7) is 0.324. The van der Waals surface area contributed by atoms with Crippen molar-refractivity contribution in [3.63, 3.8) is 0 Å². The maximum Gasteiger partial charge on any atom is 0.275 e. The van der Waals surface area contributed by atoms with Crippen molar-refractivity contribution in [2.45, 2.75) is 12.3 Å². The predicted octanol–water partition coefficient (Wildman–Crippen LogP) is 3.39. The molecular weight excluding hydrogens is 393 g/mol. The molecule has 0 radical (unpaired) electrons. The van der Waals surface area contributed by atoms with Crippen molar-refractivity contribution in [2.75, 3.05) is 18.6 Å². The van der Waals surface area contributed by atoms with Crippen LogP contribution in [-0.2, 0) is 4.79 Å². The lowest BCUT2D eigenvalue weighted by Crippen LogP contribution is -2.24. The zero-order valence-electron chi connectivity index (χ0n) is 15.8. The summed E-state index contributed by atoms with van der Waals surface area (Å²) in [5, 5.41) is 11.0. The molecule has 5 rings (SSSR count). The van der Waals surface area contributed by atoms with E-state index in [0.29, 0.717) is 35.2 Å². The monoisotopic (exact) mass is 409 g/mol. The van der Waals surface area contributed by atoms with Crippen LogP contribution in [0.15, 0.2) is 51.6 Å². The zero-order valence-corrected chi connectivity index (χ0v) is 15.8. The molecule has 1 saturated heterocycles. The van der Waals surface area contributed by atoms with Gasteiger partial charge in [0.2, 0.25) is 5.91 Å². The Bertz CT molecular complexity index is 1200. The Kier molecular flexibility index (Phi) is 4.31. The summed E-state index contributed by atoms with van der Waals surface area (Å²) >= 11 is 0. The Morgan fingerprint density at radius 1 is 1.30 bits per heavy atom. The number of hydrogen-bond donors (Lipinski definition) is 1. The van der Waals surface area contributed by atoms with Crippen molar-refractivity contribution in [3.05, 3.63) is 54.3 Å². The molecule has 0 spiro atoms. The number of carbonyl (C=O) groups is 1. The van der Waals surface area contributed by atoms with Gasteiger partial charge in [-0.2, -0.15) is 10.1 Å². The largest absolute Gasteiger partial charge is 0.494 e. The number of hydrogen-bond acceptors (Lipinski definition) is 7. The molecule has 9 nitrogen and oxygen atoms in total. The molecule has 4 heterocycles. The number of rotatable bonds is 5. The van der Waals surface area contributed by atoms with Crippen LogP contribution in [0, 0.1) is 5.82 Å². The van der Waals surface area contributed by atoms with Crippen molar-refractivity contribution in [2.24, 2.45) is 0 Å². The van der Waals surface area contributed by atoms with Gasteiger partial charge in [-0.05, 0) is 24.3 Å². The number of amides is 1. The molecule has 1 atom stereocenters. The topological polar surface area (TPSA) is 110 Å². The first-order chi connectivity index (χ1) is 14.6. The number of anilines is 1. The fraction of sp³-hybridized carbons (Fsp3) is 0.200. The SMILES string of the molecule is COc1ccc(N2CC(c3noc(-c4cc(-c5ccco5)n[nH]4)n3)CC2=O)cc1F. The molecule has 0 saturated carbocycles. The van der Waals surface area contributed by atoms with E-state index >= 15 is 0 Å². The van der Waals surface area contributed by atoms with Crippen LogP contribution < -0.4 is 9.64 Å². The Balaban J connectivity index is 1.34. The molecule has 0 bridgehead atoms. The van der Waals surface area contributed by atoms with Crippen LogP contribution in [0.4, 0.5) is 10.1 Å². The molecule has 1 amide bonds. The average Bonchev–Trinajstić information content (AvgIpc) is 3.53. The van der Waals surface area contributed by atoms with E-state index in [2.05, 4.69) is 20.3 Å². The molecule has 10 heteroatoms. The van der Waals surface area contributed by atoms with E-state index in [9.17, 15) is 9.18 Å². The smallest absolute Gasteiger partial charge is 0.275 e. The van der Waals surface area contributed by atoms with Gasteiger partial charge in [0.25, 0.3) is 5.89 Å². The molecule has 1 aliphatic heterocycles. The van der Waals surface area contributed by atoms with Gasteiger partial charge in [0.05, 0.1) is 13.4 Å². The van der Waals surface area contributed by atoms with Gasteiger partial charge in [0.1, 0.15) is 11.4 Å². The molecule has 152 valence electrons. The molecule has 4 aromatic rings. The fourth-order valence-electron chi connectivity index (χ4n) is 3.45. The summed E-state index contributed by atoms with van der Waals surface area (Å²) in [4.78, 5) is 18.4. The molecule has 0 aliphatic carbocycles. The molecule has 30 heavy (non-hydrogen) atoms. The van der Waals surface area contributed by atoms with Crippen LogP contribution in [0.5, 0.6) is 5.75 Å². The third kappa shape index (κ3) is 3.11. The minimum absolute atomic E-state index is 0.123. The van der Waals surface area contributed by atoms with Gasteiger partial charge in [-0.25, -0.2) is 4.39 Å². The first-order valence-corrected chi connectivity index (χ1v) is 9.19. The second kappa shape index (κ2) is 7.14. The van der Waals surface area contributed by atoms with E-state index in [-0.39, 0.29) is 29.9 Å². The third-order valence-electron chi connectivity index (χ3n) is 4.96. The zero-order chi connectivity index (χ0) is 20.7. The molecule has 1 aromatic carbocycles. The van der Waals surface area contributed by atoms with Crippen molar-refractivity contribution in [1.29, 1.82) is 0 Å². The molecule has 1 N–H and O–H groups in total. The van der Waals surface area contributed by atoms with Gasteiger partial charge in [0.15, 0.2) is 23.2 Å². The van der Waals surface area contributed by atoms with E-state index in [1.807, 2.05) is 0 Å². The lowest BCUT2D eigenvalue weighted by Gasteiger charge is -2.16. The van der Waals surface area contributed by atoms with Crippen LogP contribution in [0.25, 0.3) is 23.0 Å². The standard InChI is InChI=1S/C20H16FN5O4/c1-28-16-5-4-12(8-13(16)21)26-10-11(7-18(26)27)19-22-20(30-25-19)15-9-14(23-24-15)17-3-2-6-29-17/h2-6,8-9,11H,7,10H2,1H3,(H,23,24). The number of aromatic nitrogens is 4. The minimum atomic E-state index is -0.528. The van der Waals surface area contributed by atoms with Crippen molar-refractivity contribution >= 4 is 11.6 Å². The van der Waals surface area contributed by atoms with E-state index in [0.717, 1.165) is 0 Å². The lowest BCUT2D eigenvalue weighted by atomic mass is 10.1. The van der Waals surface area contributed by atoms with Gasteiger partial charge >= 0.3 is 0 Å². The van der Waals surface area contributed by atoms with Crippen molar-refractivity contribution in [3.8, 4) is 28.8 Å². The number of benzene rings is 1. The number of furan rings is 1. The summed E-state index contributed by atoms with van der Waals surface area (Å²) in [5.74, 6) is 0.463. The van der Waals surface area contributed by atoms with Crippen LogP contribution >= 0.6 is 0 Å². The first-order valence-electron chi connectivity index (χ1n) is 9.19. The molecule has 1 fully saturated rings. The Morgan fingerprint density at radius 2 is 2.20 bits per heavy atom. The lowest BCUT2D eigenvalue weighted by molar-refractivity contribution is -0.117. The van der Waals surface area contributed by atoms with Gasteiger partial charge in [-0.15, -0.1) is 0 Å². The Morgan fingerprint density at radius 3 is 2.97 bits per heavy atom. The van der Waals surface area contributed by atoms with Gasteiger partial charge < -0.3 is 18.6 Å². The number of carbonyl (C=O) groups excluding carboxylic acids is 1. The predicted molar refractivity (Wildman–Crippen MR) is 102 cm³/mol. The normalized spacial score (nSPS) is 16.4. The van der Waals surface area contributed by atoms with E-state index in [1.165, 1.54) is 24.1 Å². The molecule has 1 aliphatic rings. The highest BCUT2D eigenvalue weighted by Crippen LogP contribution is 2.33. The highest BCUT2D eigenvalue weighted by Gasteiger charge is 2.35. The maximum atomic E-state index is 14.0. The number of nitrogens with one attached hydrogen (secondary N) is 1. The third-order valence-corrected chi connectivity index (χ3v) is 4.96. The van der Waals surface area contributed by atoms with Crippen molar-refractivity contribution in [1.82, 2.24) is 20.3 Å². The number of H-pyrrole nitrogens is 1. The van der Waals surface area contributed by atoms with E-state index in [4.69, 9.17) is 13.7 Å². The average molecular weight is 409 g/mol. The molecule has 3 aromatic heterocycles.